The molecule has 0 bridgehead atoms. The van der Waals surface area contributed by atoms with E-state index in [-0.39, 0.29) is 30.3 Å². The topological polar surface area (TPSA) is 64.6 Å². The molecule has 1 N–H and O–H groups in total. The minimum atomic E-state index is -0.267. The van der Waals surface area contributed by atoms with Gasteiger partial charge in [0.05, 0.1) is 0 Å². The molecule has 2 aromatic rings. The standard InChI is InChI=1S/C21H22FNO4/c22-17-5-2-1-4-15(17)10-11-23-21(25)7-3-6-18(24)16-8-9-19-20(14-16)27-13-12-26-19/h1-2,4-5,8-9,14H,3,6-7,10-13H2,(H,23,25). The van der Waals surface area contributed by atoms with Crippen LogP contribution in [-0.4, -0.2) is 31.4 Å². The summed E-state index contributed by atoms with van der Waals surface area (Å²) in [5.41, 5.74) is 1.13. The van der Waals surface area contributed by atoms with Gasteiger partial charge in [0.15, 0.2) is 17.3 Å². The van der Waals surface area contributed by atoms with Crippen molar-refractivity contribution in [1.29, 1.82) is 0 Å². The number of ketones is 1. The van der Waals surface area contributed by atoms with Crippen LogP contribution in [0.4, 0.5) is 4.39 Å². The number of ether oxygens (including phenoxy) is 2. The highest BCUT2D eigenvalue weighted by Crippen LogP contribution is 2.31. The zero-order chi connectivity index (χ0) is 19.1. The lowest BCUT2D eigenvalue weighted by molar-refractivity contribution is -0.121. The number of rotatable bonds is 8. The van der Waals surface area contributed by atoms with Gasteiger partial charge in [0, 0.05) is 24.9 Å². The summed E-state index contributed by atoms with van der Waals surface area (Å²) in [7, 11) is 0. The Labute approximate surface area is 157 Å². The van der Waals surface area contributed by atoms with Crippen LogP contribution in [-0.2, 0) is 11.2 Å². The van der Waals surface area contributed by atoms with E-state index < -0.39 is 0 Å². The van der Waals surface area contributed by atoms with Crippen LogP contribution in [0.1, 0.15) is 35.2 Å². The molecule has 0 aromatic heterocycles. The molecule has 0 atom stereocenters. The third kappa shape index (κ3) is 5.29. The molecule has 142 valence electrons. The normalized spacial score (nSPS) is 12.5. The predicted octanol–water partition coefficient (Wildman–Crippen LogP) is 3.31. The maximum Gasteiger partial charge on any atom is 0.220 e. The highest BCUT2D eigenvalue weighted by molar-refractivity contribution is 5.96. The van der Waals surface area contributed by atoms with Crippen LogP contribution in [0.2, 0.25) is 0 Å². The molecule has 6 heteroatoms. The van der Waals surface area contributed by atoms with E-state index in [4.69, 9.17) is 9.47 Å². The fourth-order valence-corrected chi connectivity index (χ4v) is 2.90. The van der Waals surface area contributed by atoms with Gasteiger partial charge in [0.2, 0.25) is 5.91 Å². The Balaban J connectivity index is 1.38. The Morgan fingerprint density at radius 1 is 1.00 bits per heavy atom. The van der Waals surface area contributed by atoms with E-state index in [0.717, 1.165) is 0 Å². The molecule has 0 radical (unpaired) electrons. The minimum Gasteiger partial charge on any atom is -0.486 e. The lowest BCUT2D eigenvalue weighted by atomic mass is 10.0. The van der Waals surface area contributed by atoms with Crippen molar-refractivity contribution in [1.82, 2.24) is 5.32 Å². The van der Waals surface area contributed by atoms with E-state index in [0.29, 0.717) is 55.2 Å². The first-order valence-corrected chi connectivity index (χ1v) is 9.06. The number of carbonyl (C=O) groups excluding carboxylic acids is 2. The average molecular weight is 371 g/mol. The molecule has 0 saturated carbocycles. The number of benzene rings is 2. The first-order chi connectivity index (χ1) is 13.1. The smallest absolute Gasteiger partial charge is 0.220 e. The van der Waals surface area contributed by atoms with Gasteiger partial charge >= 0.3 is 0 Å². The van der Waals surface area contributed by atoms with Crippen LogP contribution in [0, 0.1) is 5.82 Å². The van der Waals surface area contributed by atoms with Gasteiger partial charge in [0.1, 0.15) is 19.0 Å². The number of halogens is 1. The van der Waals surface area contributed by atoms with Crippen LogP contribution in [0.15, 0.2) is 42.5 Å². The van der Waals surface area contributed by atoms with E-state index in [1.807, 2.05) is 0 Å². The van der Waals surface area contributed by atoms with Crippen LogP contribution in [0.5, 0.6) is 11.5 Å². The van der Waals surface area contributed by atoms with Crippen molar-refractivity contribution in [2.75, 3.05) is 19.8 Å². The summed E-state index contributed by atoms with van der Waals surface area (Å²) in [6, 6.07) is 11.6. The summed E-state index contributed by atoms with van der Waals surface area (Å²) >= 11 is 0. The number of hydrogen-bond donors (Lipinski definition) is 1. The lowest BCUT2D eigenvalue weighted by Crippen LogP contribution is -2.25. The van der Waals surface area contributed by atoms with Crippen molar-refractivity contribution < 1.29 is 23.5 Å². The quantitative estimate of drug-likeness (QED) is 0.723. The molecule has 1 amide bonds. The van der Waals surface area contributed by atoms with Gasteiger partial charge in [-0.1, -0.05) is 18.2 Å². The number of fused-ring (bicyclic) bond motifs is 1. The maximum absolute atomic E-state index is 13.5. The fraction of sp³-hybridized carbons (Fsp3) is 0.333. The van der Waals surface area contributed by atoms with Gasteiger partial charge in [0.25, 0.3) is 0 Å². The zero-order valence-electron chi connectivity index (χ0n) is 15.0. The van der Waals surface area contributed by atoms with E-state index in [1.165, 1.54) is 6.07 Å². The molecule has 0 unspecified atom stereocenters. The number of Topliss-reactive ketones (excluding diaryl/α,β-unsaturated/α-hetero) is 1. The van der Waals surface area contributed by atoms with Gasteiger partial charge in [-0.2, -0.15) is 0 Å². The summed E-state index contributed by atoms with van der Waals surface area (Å²) < 4.78 is 24.4. The van der Waals surface area contributed by atoms with E-state index in [2.05, 4.69) is 5.32 Å². The molecule has 0 fully saturated rings. The summed E-state index contributed by atoms with van der Waals surface area (Å²) in [5, 5.41) is 2.76. The summed E-state index contributed by atoms with van der Waals surface area (Å²) in [4.78, 5) is 24.2. The predicted molar refractivity (Wildman–Crippen MR) is 98.7 cm³/mol. The number of nitrogens with one attached hydrogen (secondary N) is 1. The summed E-state index contributed by atoms with van der Waals surface area (Å²) in [6.07, 6.45) is 1.43. The Bertz CT molecular complexity index is 822. The van der Waals surface area contributed by atoms with Gasteiger partial charge in [-0.25, -0.2) is 4.39 Å². The third-order valence-corrected chi connectivity index (χ3v) is 4.35. The minimum absolute atomic E-state index is 0.0360. The fourth-order valence-electron chi connectivity index (χ4n) is 2.90. The van der Waals surface area contributed by atoms with Crippen molar-refractivity contribution in [3.05, 3.63) is 59.4 Å². The third-order valence-electron chi connectivity index (χ3n) is 4.35. The van der Waals surface area contributed by atoms with E-state index >= 15 is 0 Å². The Kier molecular flexibility index (Phi) is 6.41. The Morgan fingerprint density at radius 2 is 1.78 bits per heavy atom. The number of amides is 1. The first-order valence-electron chi connectivity index (χ1n) is 9.06. The molecular formula is C21H22FNO4. The Morgan fingerprint density at radius 3 is 2.59 bits per heavy atom. The van der Waals surface area contributed by atoms with Crippen LogP contribution < -0.4 is 14.8 Å². The number of hydrogen-bond acceptors (Lipinski definition) is 4. The average Bonchev–Trinajstić information content (AvgIpc) is 2.69. The van der Waals surface area contributed by atoms with Gasteiger partial charge in [-0.3, -0.25) is 9.59 Å². The molecular weight excluding hydrogens is 349 g/mol. The van der Waals surface area contributed by atoms with Crippen LogP contribution in [0.25, 0.3) is 0 Å². The van der Waals surface area contributed by atoms with Crippen LogP contribution in [0.3, 0.4) is 0 Å². The van der Waals surface area contributed by atoms with Crippen LogP contribution >= 0.6 is 0 Å². The van der Waals surface area contributed by atoms with Gasteiger partial charge < -0.3 is 14.8 Å². The molecule has 5 nitrogen and oxygen atoms in total. The van der Waals surface area contributed by atoms with Gasteiger partial charge in [-0.05, 0) is 42.7 Å². The van der Waals surface area contributed by atoms with Crippen molar-refractivity contribution in [2.24, 2.45) is 0 Å². The largest absolute Gasteiger partial charge is 0.486 e. The lowest BCUT2D eigenvalue weighted by Gasteiger charge is -2.18. The van der Waals surface area contributed by atoms with Crippen molar-refractivity contribution in [2.45, 2.75) is 25.7 Å². The summed E-state index contributed by atoms with van der Waals surface area (Å²) in [6.45, 7) is 1.35. The second-order valence-electron chi connectivity index (χ2n) is 6.33. The molecule has 27 heavy (non-hydrogen) atoms. The van der Waals surface area contributed by atoms with Crippen molar-refractivity contribution >= 4 is 11.7 Å². The van der Waals surface area contributed by atoms with E-state index in [1.54, 1.807) is 36.4 Å². The first kappa shape index (κ1) is 18.9. The second kappa shape index (κ2) is 9.16. The summed E-state index contributed by atoms with van der Waals surface area (Å²) in [5.74, 6) is 0.786. The molecule has 0 aliphatic carbocycles. The highest BCUT2D eigenvalue weighted by Gasteiger charge is 2.15. The Hall–Kier alpha value is -2.89. The molecule has 1 aliphatic rings. The van der Waals surface area contributed by atoms with Crippen molar-refractivity contribution in [3.63, 3.8) is 0 Å². The molecule has 1 aliphatic heterocycles. The SMILES string of the molecule is O=C(CCCC(=O)c1ccc2c(c1)OCCO2)NCCc1ccccc1F. The monoisotopic (exact) mass is 371 g/mol. The second-order valence-corrected chi connectivity index (χ2v) is 6.33. The van der Waals surface area contributed by atoms with E-state index in [9.17, 15) is 14.0 Å². The molecule has 3 rings (SSSR count). The maximum atomic E-state index is 13.5. The molecule has 0 spiro atoms. The van der Waals surface area contributed by atoms with Gasteiger partial charge in [-0.15, -0.1) is 0 Å². The number of carbonyl (C=O) groups is 2. The molecule has 2 aromatic carbocycles. The van der Waals surface area contributed by atoms with Crippen molar-refractivity contribution in [3.8, 4) is 11.5 Å². The molecule has 0 saturated heterocycles. The molecule has 1 heterocycles. The zero-order valence-corrected chi connectivity index (χ0v) is 15.0. The highest BCUT2D eigenvalue weighted by atomic mass is 19.1.